The SMILES string of the molecule is C=CCC(C)[O-].C=CCC(C)[O-].C=CCC(C)[O-].CC1=[C]([Zr+3])CC=C1. The molecule has 0 bridgehead atoms. The molecule has 0 aromatic rings. The molecule has 0 aromatic carbocycles. The molecule has 3 nitrogen and oxygen atoms in total. The first-order chi connectivity index (χ1) is 11.6. The van der Waals surface area contributed by atoms with E-state index in [1.165, 1.54) is 12.0 Å². The zero-order chi connectivity index (χ0) is 20.3. The van der Waals surface area contributed by atoms with E-state index in [4.69, 9.17) is 0 Å². The van der Waals surface area contributed by atoms with Crippen molar-refractivity contribution in [2.75, 3.05) is 0 Å². The van der Waals surface area contributed by atoms with Crippen LogP contribution in [0.15, 0.2) is 59.0 Å². The van der Waals surface area contributed by atoms with Gasteiger partial charge < -0.3 is 15.3 Å². The molecule has 1 rings (SSSR count). The van der Waals surface area contributed by atoms with Crippen LogP contribution in [0.4, 0.5) is 0 Å². The van der Waals surface area contributed by atoms with Crippen molar-refractivity contribution in [2.24, 2.45) is 0 Å². The third-order valence-electron chi connectivity index (χ3n) is 2.66. The molecule has 140 valence electrons. The summed E-state index contributed by atoms with van der Waals surface area (Å²) in [6, 6.07) is 0. The van der Waals surface area contributed by atoms with E-state index in [-0.39, 0.29) is 0 Å². The van der Waals surface area contributed by atoms with Gasteiger partial charge in [-0.1, -0.05) is 39.0 Å². The van der Waals surface area contributed by atoms with Crippen LogP contribution in [0.25, 0.3) is 0 Å². The van der Waals surface area contributed by atoms with E-state index < -0.39 is 18.3 Å². The minimum atomic E-state index is -0.470. The Labute approximate surface area is 170 Å². The third-order valence-corrected chi connectivity index (χ3v) is 4.13. The molecule has 0 fully saturated rings. The summed E-state index contributed by atoms with van der Waals surface area (Å²) < 4.78 is 1.60. The molecule has 0 heterocycles. The second kappa shape index (κ2) is 21.5. The van der Waals surface area contributed by atoms with Gasteiger partial charge in [-0.05, 0) is 19.3 Å². The minimum absolute atomic E-state index is 0.470. The van der Waals surface area contributed by atoms with Crippen LogP contribution in [0.3, 0.4) is 0 Å². The molecule has 3 atom stereocenters. The van der Waals surface area contributed by atoms with Gasteiger partial charge in [0.05, 0.1) is 0 Å². The first-order valence-electron chi connectivity index (χ1n) is 8.50. The van der Waals surface area contributed by atoms with Crippen LogP contribution in [0.5, 0.6) is 0 Å². The van der Waals surface area contributed by atoms with Gasteiger partial charge in [0.2, 0.25) is 0 Å². The van der Waals surface area contributed by atoms with Gasteiger partial charge in [0, 0.05) is 0 Å². The van der Waals surface area contributed by atoms with Crippen LogP contribution in [0.1, 0.15) is 53.4 Å². The van der Waals surface area contributed by atoms with Crippen molar-refractivity contribution in [1.29, 1.82) is 0 Å². The summed E-state index contributed by atoms with van der Waals surface area (Å²) in [5, 5.41) is 30.2. The Kier molecular flexibility index (Phi) is 25.1. The second-order valence-electron chi connectivity index (χ2n) is 5.77. The van der Waals surface area contributed by atoms with E-state index in [1.54, 1.807) is 67.0 Å². The quantitative estimate of drug-likeness (QED) is 0.614. The van der Waals surface area contributed by atoms with Gasteiger partial charge in [-0.3, -0.25) is 0 Å². The Morgan fingerprint density at radius 3 is 1.28 bits per heavy atom. The summed E-state index contributed by atoms with van der Waals surface area (Å²) in [7, 11) is 0. The van der Waals surface area contributed by atoms with E-state index in [1.807, 2.05) is 0 Å². The van der Waals surface area contributed by atoms with E-state index in [0.29, 0.717) is 19.3 Å². The van der Waals surface area contributed by atoms with Gasteiger partial charge >= 0.3 is 59.1 Å². The summed E-state index contributed by atoms with van der Waals surface area (Å²) in [6.07, 6.45) is 10.9. The fraction of sp³-hybridized carbons (Fsp3) is 0.524. The maximum atomic E-state index is 10.1. The summed E-state index contributed by atoms with van der Waals surface area (Å²) in [5.41, 5.74) is 1.48. The molecule has 0 saturated heterocycles. The standard InChI is InChI=1S/C6H7.3C5H9O.Zr/c1-6-4-2-3-5-6;3*1-3-4-5(2)6;/h2,4H,3H2,1H3;3*3,5H,1,4H2,2H3;/q;3*-1;+3. The Balaban J connectivity index is -0.000000259. The molecule has 0 radical (unpaired) electrons. The molecule has 0 aliphatic heterocycles. The summed E-state index contributed by atoms with van der Waals surface area (Å²) in [5.74, 6) is 0. The Morgan fingerprint density at radius 1 is 0.920 bits per heavy atom. The van der Waals surface area contributed by atoms with Crippen molar-refractivity contribution in [2.45, 2.75) is 71.7 Å². The van der Waals surface area contributed by atoms with Crippen LogP contribution in [0, 0.1) is 0 Å². The molecule has 1 aliphatic rings. The fourth-order valence-electron chi connectivity index (χ4n) is 1.32. The first-order valence-corrected chi connectivity index (χ1v) is 9.73. The first kappa shape index (κ1) is 29.2. The molecular weight excluding hydrogens is 391 g/mol. The van der Waals surface area contributed by atoms with Gasteiger partial charge in [0.25, 0.3) is 0 Å². The molecule has 1 aliphatic carbocycles. The second-order valence-corrected chi connectivity index (χ2v) is 7.26. The predicted octanol–water partition coefficient (Wildman–Crippen LogP) is 2.70. The van der Waals surface area contributed by atoms with Crippen LogP contribution < -0.4 is 15.3 Å². The molecule has 3 unspecified atom stereocenters. The van der Waals surface area contributed by atoms with E-state index in [9.17, 15) is 15.3 Å². The number of allylic oxidation sites excluding steroid dienone is 4. The van der Waals surface area contributed by atoms with Crippen molar-refractivity contribution in [3.8, 4) is 0 Å². The van der Waals surface area contributed by atoms with E-state index in [0.717, 1.165) is 0 Å². The zero-order valence-electron chi connectivity index (χ0n) is 16.3. The number of rotatable bonds is 6. The Morgan fingerprint density at radius 2 is 1.24 bits per heavy atom. The molecular formula is C21H34O3Zr. The average Bonchev–Trinajstić information content (AvgIpc) is 2.84. The molecule has 0 N–H and O–H groups in total. The number of hydrogen-bond donors (Lipinski definition) is 0. The van der Waals surface area contributed by atoms with Crippen LogP contribution in [-0.2, 0) is 24.7 Å². The summed E-state index contributed by atoms with van der Waals surface area (Å²) in [4.78, 5) is 0. The normalized spacial score (nSPS) is 15.2. The van der Waals surface area contributed by atoms with Gasteiger partial charge in [0.1, 0.15) is 0 Å². The monoisotopic (exact) mass is 424 g/mol. The van der Waals surface area contributed by atoms with E-state index in [2.05, 4.69) is 38.8 Å². The zero-order valence-corrected chi connectivity index (χ0v) is 18.8. The molecule has 0 aromatic heterocycles. The van der Waals surface area contributed by atoms with E-state index >= 15 is 0 Å². The predicted molar refractivity (Wildman–Crippen MR) is 99.3 cm³/mol. The third kappa shape index (κ3) is 31.7. The number of hydrogen-bond acceptors (Lipinski definition) is 3. The van der Waals surface area contributed by atoms with Crippen LogP contribution in [0.2, 0.25) is 0 Å². The molecule has 0 spiro atoms. The van der Waals surface area contributed by atoms with Crippen molar-refractivity contribution in [3.05, 3.63) is 59.0 Å². The Hall–Kier alpha value is -0.537. The van der Waals surface area contributed by atoms with Gasteiger partial charge in [0.15, 0.2) is 0 Å². The van der Waals surface area contributed by atoms with Crippen molar-refractivity contribution < 1.29 is 40.0 Å². The van der Waals surface area contributed by atoms with Crippen molar-refractivity contribution in [1.82, 2.24) is 0 Å². The van der Waals surface area contributed by atoms with Crippen molar-refractivity contribution in [3.63, 3.8) is 0 Å². The van der Waals surface area contributed by atoms with Crippen LogP contribution >= 0.6 is 0 Å². The molecule has 25 heavy (non-hydrogen) atoms. The molecule has 0 saturated carbocycles. The topological polar surface area (TPSA) is 69.2 Å². The van der Waals surface area contributed by atoms with Gasteiger partial charge in [-0.2, -0.15) is 0 Å². The fourth-order valence-corrected chi connectivity index (χ4v) is 1.81. The summed E-state index contributed by atoms with van der Waals surface area (Å²) in [6.45, 7) is 17.3. The molecule has 0 amide bonds. The van der Waals surface area contributed by atoms with Gasteiger partial charge in [-0.25, -0.2) is 0 Å². The average molecular weight is 426 g/mol. The van der Waals surface area contributed by atoms with Gasteiger partial charge in [-0.15, -0.1) is 38.0 Å². The molecule has 4 heteroatoms. The Bertz CT molecular complexity index is 361. The van der Waals surface area contributed by atoms with Crippen molar-refractivity contribution >= 4 is 0 Å². The summed E-state index contributed by atoms with van der Waals surface area (Å²) >= 11 is 1.58. The van der Waals surface area contributed by atoms with Crippen LogP contribution in [-0.4, -0.2) is 18.3 Å². The maximum absolute atomic E-state index is 10.1.